The number of benzene rings is 1. The highest BCUT2D eigenvalue weighted by Crippen LogP contribution is 2.22. The molecule has 0 unspecified atom stereocenters. The Hall–Kier alpha value is -1.81. The maximum Gasteiger partial charge on any atom is 0.256 e. The maximum atomic E-state index is 12.8. The van der Waals surface area contributed by atoms with Crippen LogP contribution in [-0.4, -0.2) is 53.5 Å². The fourth-order valence-electron chi connectivity index (χ4n) is 2.93. The number of likely N-dealkylation sites (N-methyl/N-ethyl adjacent to an activating group) is 1. The van der Waals surface area contributed by atoms with Gasteiger partial charge < -0.3 is 14.4 Å². The van der Waals surface area contributed by atoms with E-state index in [4.69, 9.17) is 0 Å². The van der Waals surface area contributed by atoms with Crippen LogP contribution >= 0.6 is 0 Å². The minimum Gasteiger partial charge on any atom is -0.350 e. The van der Waals surface area contributed by atoms with E-state index in [-0.39, 0.29) is 5.91 Å². The van der Waals surface area contributed by atoms with Gasteiger partial charge in [-0.1, -0.05) is 18.2 Å². The molecule has 0 aliphatic carbocycles. The number of aryl methyl sites for hydroxylation is 1. The molecule has 1 aromatic heterocycles. The third-order valence-corrected chi connectivity index (χ3v) is 4.13. The van der Waals surface area contributed by atoms with E-state index < -0.39 is 0 Å². The fraction of sp³-hybridized carbons (Fsp3) is 0.438. The van der Waals surface area contributed by atoms with Crippen molar-refractivity contribution in [3.8, 4) is 0 Å². The first-order valence-electron chi connectivity index (χ1n) is 7.18. The van der Waals surface area contributed by atoms with Crippen LogP contribution in [0.2, 0.25) is 0 Å². The van der Waals surface area contributed by atoms with E-state index in [0.29, 0.717) is 0 Å². The Kier molecular flexibility index (Phi) is 3.49. The van der Waals surface area contributed by atoms with Crippen LogP contribution in [0.25, 0.3) is 10.9 Å². The van der Waals surface area contributed by atoms with Gasteiger partial charge in [0.05, 0.1) is 5.56 Å². The van der Waals surface area contributed by atoms with Gasteiger partial charge in [0.25, 0.3) is 5.91 Å². The van der Waals surface area contributed by atoms with Gasteiger partial charge in [0.2, 0.25) is 0 Å². The van der Waals surface area contributed by atoms with Gasteiger partial charge in [-0.05, 0) is 26.1 Å². The molecule has 4 nitrogen and oxygen atoms in total. The zero-order valence-electron chi connectivity index (χ0n) is 12.2. The predicted octanol–water partition coefficient (Wildman–Crippen LogP) is 1.96. The highest BCUT2D eigenvalue weighted by molar-refractivity contribution is 6.07. The van der Waals surface area contributed by atoms with E-state index in [0.717, 1.165) is 49.1 Å². The topological polar surface area (TPSA) is 28.5 Å². The Morgan fingerprint density at radius 1 is 1.05 bits per heavy atom. The number of aromatic nitrogens is 1. The second-order valence-electron chi connectivity index (χ2n) is 5.62. The van der Waals surface area contributed by atoms with Gasteiger partial charge in [0.1, 0.15) is 0 Å². The molecule has 3 rings (SSSR count). The molecule has 0 atom stereocenters. The van der Waals surface area contributed by atoms with Gasteiger partial charge in [0.15, 0.2) is 0 Å². The number of amides is 1. The summed E-state index contributed by atoms with van der Waals surface area (Å²) < 4.78 is 2.03. The van der Waals surface area contributed by atoms with Crippen molar-refractivity contribution in [2.24, 2.45) is 7.05 Å². The normalized spacial score (nSPS) is 17.4. The largest absolute Gasteiger partial charge is 0.350 e. The summed E-state index contributed by atoms with van der Waals surface area (Å²) in [6.45, 7) is 3.70. The van der Waals surface area contributed by atoms with Crippen molar-refractivity contribution in [1.29, 1.82) is 0 Å². The number of carbonyl (C=O) groups excluding carboxylic acids is 1. The van der Waals surface area contributed by atoms with E-state index >= 15 is 0 Å². The zero-order valence-corrected chi connectivity index (χ0v) is 12.2. The Balaban J connectivity index is 1.92. The molecule has 1 aromatic carbocycles. The van der Waals surface area contributed by atoms with Crippen molar-refractivity contribution in [3.63, 3.8) is 0 Å². The zero-order chi connectivity index (χ0) is 14.1. The van der Waals surface area contributed by atoms with Crippen molar-refractivity contribution in [3.05, 3.63) is 36.0 Å². The van der Waals surface area contributed by atoms with E-state index in [1.165, 1.54) is 0 Å². The molecule has 2 heterocycles. The molecular weight excluding hydrogens is 250 g/mol. The summed E-state index contributed by atoms with van der Waals surface area (Å²) >= 11 is 0. The van der Waals surface area contributed by atoms with Crippen LogP contribution in [-0.2, 0) is 7.05 Å². The molecule has 0 N–H and O–H groups in total. The number of para-hydroxylation sites is 1. The molecule has 1 aliphatic heterocycles. The number of nitrogens with zero attached hydrogens (tertiary/aromatic N) is 3. The minimum atomic E-state index is 0.164. The highest BCUT2D eigenvalue weighted by atomic mass is 16.2. The SMILES string of the molecule is CN1CCCN(C(=O)c2cn(C)c3ccccc23)CC1. The lowest BCUT2D eigenvalue weighted by Crippen LogP contribution is -2.34. The van der Waals surface area contributed by atoms with Crippen LogP contribution in [0.3, 0.4) is 0 Å². The molecular formula is C16H21N3O. The second-order valence-corrected chi connectivity index (χ2v) is 5.62. The third-order valence-electron chi connectivity index (χ3n) is 4.13. The van der Waals surface area contributed by atoms with Crippen molar-refractivity contribution >= 4 is 16.8 Å². The summed E-state index contributed by atoms with van der Waals surface area (Å²) in [5.74, 6) is 0.164. The first-order chi connectivity index (χ1) is 9.66. The van der Waals surface area contributed by atoms with Crippen molar-refractivity contribution < 1.29 is 4.79 Å². The van der Waals surface area contributed by atoms with Crippen molar-refractivity contribution in [2.75, 3.05) is 33.2 Å². The summed E-state index contributed by atoms with van der Waals surface area (Å²) in [5, 5.41) is 1.05. The maximum absolute atomic E-state index is 12.8. The lowest BCUT2D eigenvalue weighted by Gasteiger charge is -2.20. The Morgan fingerprint density at radius 3 is 2.70 bits per heavy atom. The molecule has 20 heavy (non-hydrogen) atoms. The first-order valence-corrected chi connectivity index (χ1v) is 7.18. The van der Waals surface area contributed by atoms with Crippen LogP contribution in [0.5, 0.6) is 0 Å². The van der Waals surface area contributed by atoms with Crippen molar-refractivity contribution in [1.82, 2.24) is 14.4 Å². The molecule has 0 bridgehead atoms. The minimum absolute atomic E-state index is 0.164. The Morgan fingerprint density at radius 2 is 1.85 bits per heavy atom. The summed E-state index contributed by atoms with van der Waals surface area (Å²) in [7, 11) is 4.11. The number of hydrogen-bond donors (Lipinski definition) is 0. The molecule has 1 aliphatic rings. The number of carbonyl (C=O) groups is 1. The lowest BCUT2D eigenvalue weighted by molar-refractivity contribution is 0.0764. The van der Waals surface area contributed by atoms with Crippen molar-refractivity contribution in [2.45, 2.75) is 6.42 Å². The van der Waals surface area contributed by atoms with E-state index in [1.54, 1.807) is 0 Å². The summed E-state index contributed by atoms with van der Waals surface area (Å²) in [4.78, 5) is 17.1. The van der Waals surface area contributed by atoms with Gasteiger partial charge in [-0.3, -0.25) is 4.79 Å². The molecule has 0 spiro atoms. The second kappa shape index (κ2) is 5.29. The van der Waals surface area contributed by atoms with Crippen LogP contribution in [0.1, 0.15) is 16.8 Å². The lowest BCUT2D eigenvalue weighted by atomic mass is 10.1. The summed E-state index contributed by atoms with van der Waals surface area (Å²) in [5.41, 5.74) is 1.94. The Bertz CT molecular complexity index is 632. The van der Waals surface area contributed by atoms with Crippen LogP contribution in [0.4, 0.5) is 0 Å². The molecule has 4 heteroatoms. The van der Waals surface area contributed by atoms with E-state index in [1.807, 2.05) is 40.9 Å². The first kappa shape index (κ1) is 13.2. The fourth-order valence-corrected chi connectivity index (χ4v) is 2.93. The number of rotatable bonds is 1. The van der Waals surface area contributed by atoms with Gasteiger partial charge in [-0.2, -0.15) is 0 Å². The molecule has 1 amide bonds. The quantitative estimate of drug-likeness (QED) is 0.793. The molecule has 2 aromatic rings. The number of fused-ring (bicyclic) bond motifs is 1. The summed E-state index contributed by atoms with van der Waals surface area (Å²) in [6, 6.07) is 8.10. The molecule has 1 saturated heterocycles. The van der Waals surface area contributed by atoms with Crippen LogP contribution in [0, 0.1) is 0 Å². The third kappa shape index (κ3) is 2.31. The van der Waals surface area contributed by atoms with E-state index in [9.17, 15) is 4.79 Å². The van der Waals surface area contributed by atoms with E-state index in [2.05, 4.69) is 18.0 Å². The number of hydrogen-bond acceptors (Lipinski definition) is 2. The van der Waals surface area contributed by atoms with Crippen LogP contribution < -0.4 is 0 Å². The highest BCUT2D eigenvalue weighted by Gasteiger charge is 2.21. The van der Waals surface area contributed by atoms with Gasteiger partial charge >= 0.3 is 0 Å². The molecule has 1 fully saturated rings. The molecule has 0 saturated carbocycles. The van der Waals surface area contributed by atoms with Gasteiger partial charge in [-0.25, -0.2) is 0 Å². The molecule has 106 valence electrons. The monoisotopic (exact) mass is 271 g/mol. The standard InChI is InChI=1S/C16H21N3O/c1-17-8-5-9-19(11-10-17)16(20)14-12-18(2)15-7-4-3-6-13(14)15/h3-4,6-7,12H,5,8-11H2,1-2H3. The van der Waals surface area contributed by atoms with Gasteiger partial charge in [-0.15, -0.1) is 0 Å². The Labute approximate surface area is 119 Å². The van der Waals surface area contributed by atoms with Crippen LogP contribution in [0.15, 0.2) is 30.5 Å². The van der Waals surface area contributed by atoms with Gasteiger partial charge in [0, 0.05) is 43.8 Å². The smallest absolute Gasteiger partial charge is 0.256 e. The molecule has 0 radical (unpaired) electrons. The predicted molar refractivity (Wildman–Crippen MR) is 80.9 cm³/mol. The average molecular weight is 271 g/mol. The summed E-state index contributed by atoms with van der Waals surface area (Å²) in [6.07, 6.45) is 3.01. The average Bonchev–Trinajstić information content (AvgIpc) is 2.64.